The number of aromatic nitrogens is 1. The number of rotatable bonds is 1. The molecule has 31 heavy (non-hydrogen) atoms. The Kier molecular flexibility index (Phi) is 3.77. The number of benzene rings is 2. The molecule has 6 rings (SSSR count). The van der Waals surface area contributed by atoms with Gasteiger partial charge in [-0.1, -0.05) is 31.2 Å². The number of para-hydroxylation sites is 1. The van der Waals surface area contributed by atoms with Crippen LogP contribution in [0.1, 0.15) is 35.7 Å². The molecule has 1 fully saturated rings. The Hall–Kier alpha value is -3.32. The first-order valence-corrected chi connectivity index (χ1v) is 10.5. The number of imide groups is 1. The smallest absolute Gasteiger partial charge is 0.246 e. The maximum atomic E-state index is 13.3. The number of nitrogens with zero attached hydrogens (tertiary/aromatic N) is 3. The quantitative estimate of drug-likeness (QED) is 0.570. The zero-order valence-corrected chi connectivity index (χ0v) is 17.7. The van der Waals surface area contributed by atoms with Crippen LogP contribution in [0.5, 0.6) is 11.5 Å². The lowest BCUT2D eigenvalue weighted by molar-refractivity contribution is -0.156. The number of amides is 2. The van der Waals surface area contributed by atoms with Gasteiger partial charge in [-0.15, -0.1) is 0 Å². The fraction of sp³-hybridized carbons (Fsp3) is 0.333. The lowest BCUT2D eigenvalue weighted by Gasteiger charge is -2.48. The molecule has 4 heterocycles. The summed E-state index contributed by atoms with van der Waals surface area (Å²) in [6.45, 7) is 2.49. The molecule has 7 heteroatoms. The van der Waals surface area contributed by atoms with Gasteiger partial charge >= 0.3 is 0 Å². The number of piperazine rings is 1. The molecule has 2 aromatic carbocycles. The van der Waals surface area contributed by atoms with Gasteiger partial charge in [0, 0.05) is 36.6 Å². The molecular weight excluding hydrogens is 394 g/mol. The predicted octanol–water partition coefficient (Wildman–Crippen LogP) is 2.78. The molecule has 2 amide bonds. The molecule has 0 unspecified atom stereocenters. The minimum atomic E-state index is -0.406. The number of hydrogen-bond acceptors (Lipinski definition) is 5. The van der Waals surface area contributed by atoms with E-state index in [1.807, 2.05) is 30.3 Å². The molecule has 1 saturated heterocycles. The van der Waals surface area contributed by atoms with Crippen LogP contribution < -0.4 is 9.47 Å². The van der Waals surface area contributed by atoms with Gasteiger partial charge in [-0.25, -0.2) is 0 Å². The number of aryl methyl sites for hydroxylation is 1. The minimum Gasteiger partial charge on any atom is -0.454 e. The molecule has 3 aliphatic heterocycles. The van der Waals surface area contributed by atoms with Crippen molar-refractivity contribution in [2.45, 2.75) is 24.9 Å². The van der Waals surface area contributed by atoms with Crippen molar-refractivity contribution in [1.29, 1.82) is 0 Å². The summed E-state index contributed by atoms with van der Waals surface area (Å²) >= 11 is 0. The molecule has 0 aliphatic carbocycles. The SMILES string of the molecule is C[C@H]1c2c(n(C)c3ccccc23)[C@H](c2ccc3c(c2)OCO3)N2CC(=O)N(C)C(=O)[C@H]12. The standard InChI is InChI=1S/C24H23N3O4/c1-13-20-15-6-4-5-7-16(15)25(2)23(20)22(14-8-9-17-18(10-14)31-12-30-17)27-11-19(28)26(3)24(29)21(13)27/h4-10,13,21-22H,11-12H2,1-3H3/t13-,21-,22-/m0/s1. The van der Waals surface area contributed by atoms with Gasteiger partial charge in [-0.05, 0) is 29.3 Å². The number of carbonyl (C=O) groups is 2. The zero-order valence-electron chi connectivity index (χ0n) is 17.7. The summed E-state index contributed by atoms with van der Waals surface area (Å²) in [7, 11) is 3.65. The first kappa shape index (κ1) is 18.4. The van der Waals surface area contributed by atoms with E-state index in [0.717, 1.165) is 22.2 Å². The third kappa shape index (κ3) is 2.38. The third-order valence-corrected chi connectivity index (χ3v) is 7.06. The topological polar surface area (TPSA) is 64.0 Å². The molecule has 0 spiro atoms. The largest absolute Gasteiger partial charge is 0.454 e. The normalized spacial score (nSPS) is 25.1. The van der Waals surface area contributed by atoms with Crippen molar-refractivity contribution in [2.24, 2.45) is 7.05 Å². The monoisotopic (exact) mass is 417 g/mol. The van der Waals surface area contributed by atoms with Crippen LogP contribution in [0.2, 0.25) is 0 Å². The van der Waals surface area contributed by atoms with Crippen LogP contribution in [0.3, 0.4) is 0 Å². The highest BCUT2D eigenvalue weighted by Crippen LogP contribution is 2.49. The van der Waals surface area contributed by atoms with Crippen LogP contribution in [-0.4, -0.2) is 52.6 Å². The van der Waals surface area contributed by atoms with E-state index >= 15 is 0 Å². The van der Waals surface area contributed by atoms with E-state index in [2.05, 4.69) is 35.6 Å². The molecule has 7 nitrogen and oxygen atoms in total. The van der Waals surface area contributed by atoms with E-state index in [9.17, 15) is 9.59 Å². The van der Waals surface area contributed by atoms with E-state index < -0.39 is 6.04 Å². The van der Waals surface area contributed by atoms with Gasteiger partial charge in [0.2, 0.25) is 18.6 Å². The highest BCUT2D eigenvalue weighted by atomic mass is 16.7. The summed E-state index contributed by atoms with van der Waals surface area (Å²) < 4.78 is 13.3. The van der Waals surface area contributed by atoms with Crippen molar-refractivity contribution in [3.8, 4) is 11.5 Å². The number of ether oxygens (including phenoxy) is 2. The maximum absolute atomic E-state index is 13.3. The summed E-state index contributed by atoms with van der Waals surface area (Å²) in [5.41, 5.74) is 4.41. The molecule has 0 N–H and O–H groups in total. The Morgan fingerprint density at radius 2 is 1.77 bits per heavy atom. The van der Waals surface area contributed by atoms with E-state index in [-0.39, 0.29) is 37.1 Å². The number of hydrogen-bond donors (Lipinski definition) is 0. The van der Waals surface area contributed by atoms with Gasteiger partial charge < -0.3 is 14.0 Å². The van der Waals surface area contributed by atoms with Crippen molar-refractivity contribution in [2.75, 3.05) is 20.4 Å². The van der Waals surface area contributed by atoms with Crippen molar-refractivity contribution < 1.29 is 19.1 Å². The molecule has 0 saturated carbocycles. The first-order chi connectivity index (χ1) is 15.0. The van der Waals surface area contributed by atoms with Gasteiger partial charge in [0.05, 0.1) is 18.6 Å². The van der Waals surface area contributed by atoms with Gasteiger partial charge in [-0.3, -0.25) is 19.4 Å². The van der Waals surface area contributed by atoms with E-state index in [1.165, 1.54) is 10.5 Å². The van der Waals surface area contributed by atoms with Crippen molar-refractivity contribution in [1.82, 2.24) is 14.4 Å². The lowest BCUT2D eigenvalue weighted by Crippen LogP contribution is -2.62. The average Bonchev–Trinajstić information content (AvgIpc) is 3.35. The number of carbonyl (C=O) groups excluding carboxylic acids is 2. The van der Waals surface area contributed by atoms with Crippen LogP contribution in [0.4, 0.5) is 0 Å². The number of likely N-dealkylation sites (N-methyl/N-ethyl adjacent to an activating group) is 1. The van der Waals surface area contributed by atoms with Crippen molar-refractivity contribution in [3.63, 3.8) is 0 Å². The van der Waals surface area contributed by atoms with E-state index in [4.69, 9.17) is 9.47 Å². The fourth-order valence-corrected chi connectivity index (χ4v) is 5.58. The second-order valence-electron chi connectivity index (χ2n) is 8.59. The summed E-state index contributed by atoms with van der Waals surface area (Å²) in [6, 6.07) is 13.6. The third-order valence-electron chi connectivity index (χ3n) is 7.06. The average molecular weight is 417 g/mol. The Morgan fingerprint density at radius 1 is 1.00 bits per heavy atom. The number of fused-ring (bicyclic) bond motifs is 5. The van der Waals surface area contributed by atoms with E-state index in [1.54, 1.807) is 7.05 Å². The Bertz CT molecular complexity index is 1260. The molecule has 3 aromatic rings. The molecule has 0 radical (unpaired) electrons. The minimum absolute atomic E-state index is 0.0468. The van der Waals surface area contributed by atoms with Gasteiger partial charge in [-0.2, -0.15) is 0 Å². The van der Waals surface area contributed by atoms with Crippen LogP contribution in [0.15, 0.2) is 42.5 Å². The van der Waals surface area contributed by atoms with Gasteiger partial charge in [0.15, 0.2) is 11.5 Å². The summed E-state index contributed by atoms with van der Waals surface area (Å²) in [6.07, 6.45) is 0. The van der Waals surface area contributed by atoms with E-state index in [0.29, 0.717) is 11.5 Å². The second-order valence-corrected chi connectivity index (χ2v) is 8.59. The molecule has 0 bridgehead atoms. The molecule has 158 valence electrons. The van der Waals surface area contributed by atoms with Crippen LogP contribution in [0.25, 0.3) is 10.9 Å². The predicted molar refractivity (Wildman–Crippen MR) is 114 cm³/mol. The van der Waals surface area contributed by atoms with Crippen LogP contribution in [-0.2, 0) is 16.6 Å². The summed E-state index contributed by atoms with van der Waals surface area (Å²) in [4.78, 5) is 29.4. The van der Waals surface area contributed by atoms with Crippen LogP contribution in [0, 0.1) is 0 Å². The van der Waals surface area contributed by atoms with Gasteiger partial charge in [0.25, 0.3) is 0 Å². The molecule has 3 atom stereocenters. The molecular formula is C24H23N3O4. The Morgan fingerprint density at radius 3 is 2.61 bits per heavy atom. The lowest BCUT2D eigenvalue weighted by atomic mass is 9.79. The first-order valence-electron chi connectivity index (χ1n) is 10.5. The molecule has 3 aliphatic rings. The molecule has 1 aromatic heterocycles. The summed E-state index contributed by atoms with van der Waals surface area (Å²) in [5, 5.41) is 1.16. The maximum Gasteiger partial charge on any atom is 0.246 e. The van der Waals surface area contributed by atoms with Crippen LogP contribution >= 0.6 is 0 Å². The summed E-state index contributed by atoms with van der Waals surface area (Å²) in [5.74, 6) is 1.04. The zero-order chi connectivity index (χ0) is 21.4. The van der Waals surface area contributed by atoms with Crippen molar-refractivity contribution in [3.05, 3.63) is 59.3 Å². The van der Waals surface area contributed by atoms with Crippen molar-refractivity contribution >= 4 is 22.7 Å². The highest BCUT2D eigenvalue weighted by molar-refractivity contribution is 6.02. The van der Waals surface area contributed by atoms with Gasteiger partial charge in [0.1, 0.15) is 0 Å². The second kappa shape index (κ2) is 6.34. The fourth-order valence-electron chi connectivity index (χ4n) is 5.58. The Balaban J connectivity index is 1.64. The Labute approximate surface area is 179 Å². The highest BCUT2D eigenvalue weighted by Gasteiger charge is 2.50.